The molecule has 0 radical (unpaired) electrons. The molecule has 0 heterocycles. The molecule has 0 bridgehead atoms. The van der Waals surface area contributed by atoms with E-state index in [4.69, 9.17) is 9.47 Å². The standard InChI is InChI=1S/C17H16FNO5/c1-17(2,24-15-9-5-13(18)6-10-15)16(20)23-11-12-3-7-14(8-4-12)19(21)22/h3-10H,11H2,1-2H3. The fourth-order valence-corrected chi connectivity index (χ4v) is 1.88. The van der Waals surface area contributed by atoms with Crippen molar-refractivity contribution in [2.45, 2.75) is 26.1 Å². The lowest BCUT2D eigenvalue weighted by molar-refractivity contribution is -0.384. The van der Waals surface area contributed by atoms with Crippen molar-refractivity contribution in [3.8, 4) is 5.75 Å². The third kappa shape index (κ3) is 4.52. The second-order valence-electron chi connectivity index (χ2n) is 5.57. The lowest BCUT2D eigenvalue weighted by Gasteiger charge is -2.24. The smallest absolute Gasteiger partial charge is 0.350 e. The predicted octanol–water partition coefficient (Wildman–Crippen LogP) is 3.63. The number of nitrogens with zero attached hydrogens (tertiary/aromatic N) is 1. The van der Waals surface area contributed by atoms with Crippen LogP contribution in [0.5, 0.6) is 5.75 Å². The van der Waals surface area contributed by atoms with E-state index in [1.165, 1.54) is 62.4 Å². The van der Waals surface area contributed by atoms with E-state index in [1.54, 1.807) is 0 Å². The molecule has 0 aromatic heterocycles. The lowest BCUT2D eigenvalue weighted by atomic mass is 10.1. The third-order valence-corrected chi connectivity index (χ3v) is 3.20. The molecule has 0 fully saturated rings. The number of nitro groups is 1. The Hall–Kier alpha value is -2.96. The first-order valence-electron chi connectivity index (χ1n) is 7.13. The Bertz CT molecular complexity index is 726. The minimum absolute atomic E-state index is 0.0347. The summed E-state index contributed by atoms with van der Waals surface area (Å²) in [5.74, 6) is -0.667. The average Bonchev–Trinajstić information content (AvgIpc) is 2.55. The van der Waals surface area contributed by atoms with E-state index < -0.39 is 22.3 Å². The van der Waals surface area contributed by atoms with E-state index in [1.807, 2.05) is 0 Å². The molecule has 0 unspecified atom stereocenters. The second-order valence-corrected chi connectivity index (χ2v) is 5.57. The van der Waals surface area contributed by atoms with Crippen LogP contribution in [0.15, 0.2) is 48.5 Å². The van der Waals surface area contributed by atoms with Crippen LogP contribution in [0.3, 0.4) is 0 Å². The molecule has 0 saturated carbocycles. The third-order valence-electron chi connectivity index (χ3n) is 3.20. The van der Waals surface area contributed by atoms with E-state index in [-0.39, 0.29) is 12.3 Å². The molecule has 6 nitrogen and oxygen atoms in total. The molecule has 0 aliphatic carbocycles. The van der Waals surface area contributed by atoms with E-state index >= 15 is 0 Å². The summed E-state index contributed by atoms with van der Waals surface area (Å²) < 4.78 is 23.6. The normalized spacial score (nSPS) is 11.0. The fourth-order valence-electron chi connectivity index (χ4n) is 1.88. The maximum Gasteiger partial charge on any atom is 0.350 e. The predicted molar refractivity (Wildman–Crippen MR) is 84.0 cm³/mol. The van der Waals surface area contributed by atoms with Crippen LogP contribution in [0, 0.1) is 15.9 Å². The minimum atomic E-state index is -1.27. The summed E-state index contributed by atoms with van der Waals surface area (Å²) >= 11 is 0. The van der Waals surface area contributed by atoms with E-state index in [0.717, 1.165) is 0 Å². The quantitative estimate of drug-likeness (QED) is 0.458. The zero-order valence-corrected chi connectivity index (χ0v) is 13.2. The van der Waals surface area contributed by atoms with Crippen molar-refractivity contribution >= 4 is 11.7 Å². The van der Waals surface area contributed by atoms with E-state index in [2.05, 4.69) is 0 Å². The maximum absolute atomic E-state index is 12.9. The van der Waals surface area contributed by atoms with Crippen LogP contribution in [-0.4, -0.2) is 16.5 Å². The molecule has 2 aromatic rings. The Labute approximate surface area is 138 Å². The van der Waals surface area contributed by atoms with Gasteiger partial charge in [0.15, 0.2) is 5.60 Å². The van der Waals surface area contributed by atoms with Gasteiger partial charge in [0.1, 0.15) is 18.2 Å². The van der Waals surface area contributed by atoms with Gasteiger partial charge in [0.2, 0.25) is 0 Å². The molecule has 2 aromatic carbocycles. The number of halogens is 1. The fraction of sp³-hybridized carbons (Fsp3) is 0.235. The first kappa shape index (κ1) is 17.4. The van der Waals surface area contributed by atoms with Crippen LogP contribution >= 0.6 is 0 Å². The van der Waals surface area contributed by atoms with Gasteiger partial charge >= 0.3 is 5.97 Å². The molecule has 2 rings (SSSR count). The highest BCUT2D eigenvalue weighted by atomic mass is 19.1. The molecule has 0 atom stereocenters. The van der Waals surface area contributed by atoms with Gasteiger partial charge in [0.05, 0.1) is 4.92 Å². The molecule has 0 saturated heterocycles. The van der Waals surface area contributed by atoms with Gasteiger partial charge in [-0.25, -0.2) is 9.18 Å². The number of hydrogen-bond acceptors (Lipinski definition) is 5. The van der Waals surface area contributed by atoms with Gasteiger partial charge < -0.3 is 9.47 Å². The molecule has 126 valence electrons. The average molecular weight is 333 g/mol. The molecule has 0 amide bonds. The maximum atomic E-state index is 12.9. The summed E-state index contributed by atoms with van der Waals surface area (Å²) in [6, 6.07) is 11.0. The van der Waals surface area contributed by atoms with Crippen LogP contribution in [0.4, 0.5) is 10.1 Å². The summed E-state index contributed by atoms with van der Waals surface area (Å²) in [6.07, 6.45) is 0. The Kier molecular flexibility index (Phi) is 5.13. The Balaban J connectivity index is 1.94. The van der Waals surface area contributed by atoms with Crippen LogP contribution < -0.4 is 4.74 Å². The largest absolute Gasteiger partial charge is 0.476 e. The summed E-state index contributed by atoms with van der Waals surface area (Å²) in [5, 5.41) is 10.6. The van der Waals surface area contributed by atoms with Gasteiger partial charge in [0.25, 0.3) is 5.69 Å². The highest BCUT2D eigenvalue weighted by molar-refractivity contribution is 5.79. The van der Waals surface area contributed by atoms with Crippen LogP contribution in [0.25, 0.3) is 0 Å². The van der Waals surface area contributed by atoms with Crippen molar-refractivity contribution in [2.24, 2.45) is 0 Å². The van der Waals surface area contributed by atoms with Crippen LogP contribution in [-0.2, 0) is 16.1 Å². The number of esters is 1. The van der Waals surface area contributed by atoms with Crippen molar-refractivity contribution in [3.63, 3.8) is 0 Å². The van der Waals surface area contributed by atoms with Gasteiger partial charge in [-0.05, 0) is 55.8 Å². The van der Waals surface area contributed by atoms with Crippen LogP contribution in [0.2, 0.25) is 0 Å². The minimum Gasteiger partial charge on any atom is -0.476 e. The number of nitro benzene ring substituents is 1. The zero-order valence-electron chi connectivity index (χ0n) is 13.2. The van der Waals surface area contributed by atoms with Crippen molar-refractivity contribution in [1.82, 2.24) is 0 Å². The van der Waals surface area contributed by atoms with Crippen molar-refractivity contribution in [1.29, 1.82) is 0 Å². The SMILES string of the molecule is CC(C)(Oc1ccc(F)cc1)C(=O)OCc1ccc([N+](=O)[O-])cc1. The summed E-state index contributed by atoms with van der Waals surface area (Å²) in [4.78, 5) is 22.2. The summed E-state index contributed by atoms with van der Waals surface area (Å²) in [5.41, 5.74) is -0.685. The van der Waals surface area contributed by atoms with Gasteiger partial charge in [-0.2, -0.15) is 0 Å². The molecule has 0 aliphatic rings. The Morgan fingerprint density at radius 2 is 1.71 bits per heavy atom. The Morgan fingerprint density at radius 3 is 2.25 bits per heavy atom. The number of rotatable bonds is 6. The van der Waals surface area contributed by atoms with Crippen molar-refractivity contribution in [2.75, 3.05) is 0 Å². The molecule has 0 N–H and O–H groups in total. The van der Waals surface area contributed by atoms with Gasteiger partial charge in [-0.1, -0.05) is 0 Å². The van der Waals surface area contributed by atoms with Crippen molar-refractivity contribution < 1.29 is 23.6 Å². The summed E-state index contributed by atoms with van der Waals surface area (Å²) in [7, 11) is 0. The Morgan fingerprint density at radius 1 is 1.12 bits per heavy atom. The molecular formula is C17H16FNO5. The summed E-state index contributed by atoms with van der Waals surface area (Å²) in [6.45, 7) is 3.04. The van der Waals surface area contributed by atoms with E-state index in [9.17, 15) is 19.3 Å². The molecule has 0 aliphatic heterocycles. The number of carbonyl (C=O) groups is 1. The first-order valence-corrected chi connectivity index (χ1v) is 7.13. The lowest BCUT2D eigenvalue weighted by Crippen LogP contribution is -2.39. The number of hydrogen-bond donors (Lipinski definition) is 0. The number of carbonyl (C=O) groups excluding carboxylic acids is 1. The van der Waals surface area contributed by atoms with Crippen LogP contribution in [0.1, 0.15) is 19.4 Å². The topological polar surface area (TPSA) is 78.7 Å². The highest BCUT2D eigenvalue weighted by Gasteiger charge is 2.32. The second kappa shape index (κ2) is 7.08. The van der Waals surface area contributed by atoms with E-state index in [0.29, 0.717) is 11.3 Å². The zero-order chi connectivity index (χ0) is 17.7. The number of non-ortho nitro benzene ring substituents is 1. The molecule has 0 spiro atoms. The highest BCUT2D eigenvalue weighted by Crippen LogP contribution is 2.21. The molecule has 24 heavy (non-hydrogen) atoms. The molecule has 7 heteroatoms. The van der Waals surface area contributed by atoms with Crippen molar-refractivity contribution in [3.05, 3.63) is 70.0 Å². The van der Waals surface area contributed by atoms with Gasteiger partial charge in [-0.15, -0.1) is 0 Å². The first-order chi connectivity index (χ1) is 11.3. The number of benzene rings is 2. The monoisotopic (exact) mass is 333 g/mol. The van der Waals surface area contributed by atoms with Gasteiger partial charge in [0, 0.05) is 12.1 Å². The number of ether oxygens (including phenoxy) is 2. The molecular weight excluding hydrogens is 317 g/mol. The van der Waals surface area contributed by atoms with Gasteiger partial charge in [-0.3, -0.25) is 10.1 Å².